The van der Waals surface area contributed by atoms with Crippen molar-refractivity contribution in [1.82, 2.24) is 19.9 Å². The minimum atomic E-state index is -0.442. The maximum Gasteiger partial charge on any atom is 0.161 e. The van der Waals surface area contributed by atoms with Gasteiger partial charge in [-0.1, -0.05) is 23.9 Å². The van der Waals surface area contributed by atoms with Gasteiger partial charge < -0.3 is 10.1 Å². The lowest BCUT2D eigenvalue weighted by atomic mass is 9.75. The largest absolute Gasteiger partial charge is 0.381 e. The molecule has 6 nitrogen and oxygen atoms in total. The third-order valence-corrected chi connectivity index (χ3v) is 7.90. The number of aromatic nitrogens is 3. The van der Waals surface area contributed by atoms with Crippen molar-refractivity contribution in [2.75, 3.05) is 19.8 Å². The summed E-state index contributed by atoms with van der Waals surface area (Å²) in [7, 11) is 0. The standard InChI is InChI=1S/C26H25N5OS/c27-17-26(10-13-32-14-11-26)19-3-1-4-20(16-19)33-21-7-8-23-18(15-21)6-9-24-29-30-25(31(23)24)22-5-2-12-28-22/h1,3-4,6-9,15-16,22,28H,2,5,10-14H2/t22-/m0/s1. The molecule has 33 heavy (non-hydrogen) atoms. The molecule has 1 atom stereocenters. The number of nitrogens with one attached hydrogen (secondary N) is 1. The molecule has 2 aliphatic rings. The molecule has 0 saturated carbocycles. The SMILES string of the molecule is N#CC1(c2cccc(Sc3ccc4c(ccc5nnc([C@@H]6CCCN6)n54)c3)c2)CCOCC1. The van der Waals surface area contributed by atoms with Crippen LogP contribution in [0.25, 0.3) is 16.6 Å². The van der Waals surface area contributed by atoms with Gasteiger partial charge in [-0.3, -0.25) is 4.40 Å². The first-order chi connectivity index (χ1) is 16.3. The molecule has 4 aromatic rings. The minimum Gasteiger partial charge on any atom is -0.381 e. The Morgan fingerprint density at radius 3 is 2.76 bits per heavy atom. The molecule has 0 aliphatic carbocycles. The third-order valence-electron chi connectivity index (χ3n) is 6.92. The van der Waals surface area contributed by atoms with E-state index >= 15 is 0 Å². The zero-order valence-corrected chi connectivity index (χ0v) is 19.1. The highest BCUT2D eigenvalue weighted by atomic mass is 32.2. The summed E-state index contributed by atoms with van der Waals surface area (Å²) < 4.78 is 7.70. The van der Waals surface area contributed by atoms with E-state index in [1.807, 2.05) is 6.07 Å². The van der Waals surface area contributed by atoms with E-state index in [1.165, 1.54) is 16.7 Å². The molecular formula is C26H25N5OS. The van der Waals surface area contributed by atoms with Crippen molar-refractivity contribution in [3.8, 4) is 6.07 Å². The Balaban J connectivity index is 1.33. The summed E-state index contributed by atoms with van der Waals surface area (Å²) in [5, 5.41) is 23.5. The second-order valence-corrected chi connectivity index (χ2v) is 10.0. The molecule has 0 bridgehead atoms. The molecule has 6 rings (SSSR count). The van der Waals surface area contributed by atoms with E-state index in [1.54, 1.807) is 11.8 Å². The van der Waals surface area contributed by atoms with Crippen molar-refractivity contribution in [1.29, 1.82) is 5.26 Å². The number of nitriles is 1. The molecule has 4 heterocycles. The zero-order valence-electron chi connectivity index (χ0n) is 18.3. The Morgan fingerprint density at radius 2 is 1.94 bits per heavy atom. The molecule has 2 saturated heterocycles. The van der Waals surface area contributed by atoms with Crippen LogP contribution in [0, 0.1) is 11.3 Å². The molecule has 0 spiro atoms. The molecule has 1 N–H and O–H groups in total. The normalized spacial score (nSPS) is 20.3. The number of rotatable bonds is 4. The van der Waals surface area contributed by atoms with Gasteiger partial charge in [0.15, 0.2) is 11.5 Å². The number of pyridine rings is 1. The average molecular weight is 456 g/mol. The first-order valence-corrected chi connectivity index (χ1v) is 12.4. The fourth-order valence-electron chi connectivity index (χ4n) is 5.07. The van der Waals surface area contributed by atoms with Crippen LogP contribution in [0.5, 0.6) is 0 Å². The van der Waals surface area contributed by atoms with E-state index in [4.69, 9.17) is 4.74 Å². The Labute approximate surface area is 197 Å². The van der Waals surface area contributed by atoms with Crippen LogP contribution in [0.3, 0.4) is 0 Å². The van der Waals surface area contributed by atoms with Gasteiger partial charge in [-0.2, -0.15) is 5.26 Å². The van der Waals surface area contributed by atoms with E-state index in [0.29, 0.717) is 13.2 Å². The first-order valence-electron chi connectivity index (χ1n) is 11.5. The Hall–Kier alpha value is -2.92. The highest BCUT2D eigenvalue weighted by molar-refractivity contribution is 7.99. The van der Waals surface area contributed by atoms with Crippen LogP contribution >= 0.6 is 11.8 Å². The monoisotopic (exact) mass is 455 g/mol. The van der Waals surface area contributed by atoms with E-state index < -0.39 is 5.41 Å². The van der Waals surface area contributed by atoms with Gasteiger partial charge in [-0.05, 0) is 85.6 Å². The molecule has 0 unspecified atom stereocenters. The molecule has 0 radical (unpaired) electrons. The predicted octanol–water partition coefficient (Wildman–Crippen LogP) is 5.03. The average Bonchev–Trinajstić information content (AvgIpc) is 3.54. The van der Waals surface area contributed by atoms with Gasteiger partial charge in [-0.15, -0.1) is 10.2 Å². The summed E-state index contributed by atoms with van der Waals surface area (Å²) in [6.07, 6.45) is 3.77. The van der Waals surface area contributed by atoms with Crippen LogP contribution in [0.2, 0.25) is 0 Å². The number of benzene rings is 2. The summed E-state index contributed by atoms with van der Waals surface area (Å²) in [5.74, 6) is 1.000. The van der Waals surface area contributed by atoms with Gasteiger partial charge in [0.2, 0.25) is 0 Å². The smallest absolute Gasteiger partial charge is 0.161 e. The fourth-order valence-corrected chi connectivity index (χ4v) is 6.00. The summed E-state index contributed by atoms with van der Waals surface area (Å²) in [6.45, 7) is 2.32. The van der Waals surface area contributed by atoms with Gasteiger partial charge >= 0.3 is 0 Å². The maximum atomic E-state index is 9.93. The van der Waals surface area contributed by atoms with Crippen molar-refractivity contribution in [2.24, 2.45) is 0 Å². The van der Waals surface area contributed by atoms with Gasteiger partial charge in [-0.25, -0.2) is 0 Å². The zero-order chi connectivity index (χ0) is 22.3. The van der Waals surface area contributed by atoms with Gasteiger partial charge in [0.25, 0.3) is 0 Å². The molecule has 2 aromatic carbocycles. The second-order valence-electron chi connectivity index (χ2n) is 8.89. The number of fused-ring (bicyclic) bond motifs is 3. The minimum absolute atomic E-state index is 0.264. The summed E-state index contributed by atoms with van der Waals surface area (Å²) in [4.78, 5) is 2.32. The Bertz CT molecular complexity index is 1360. The van der Waals surface area contributed by atoms with Crippen LogP contribution < -0.4 is 5.32 Å². The van der Waals surface area contributed by atoms with E-state index in [2.05, 4.69) is 74.5 Å². The van der Waals surface area contributed by atoms with E-state index in [0.717, 1.165) is 53.3 Å². The molecule has 2 aromatic heterocycles. The lowest BCUT2D eigenvalue weighted by Gasteiger charge is -2.31. The van der Waals surface area contributed by atoms with Crippen LogP contribution in [0.1, 0.15) is 43.1 Å². The lowest BCUT2D eigenvalue weighted by Crippen LogP contribution is -2.32. The van der Waals surface area contributed by atoms with Crippen molar-refractivity contribution in [3.05, 3.63) is 66.0 Å². The highest BCUT2D eigenvalue weighted by Crippen LogP contribution is 2.38. The number of nitrogens with zero attached hydrogens (tertiary/aromatic N) is 4. The second kappa shape index (κ2) is 8.45. The predicted molar refractivity (Wildman–Crippen MR) is 128 cm³/mol. The Morgan fingerprint density at radius 1 is 1.06 bits per heavy atom. The third kappa shape index (κ3) is 3.68. The van der Waals surface area contributed by atoms with Crippen LogP contribution in [0.4, 0.5) is 0 Å². The fraction of sp³-hybridized carbons (Fsp3) is 0.346. The number of hydrogen-bond acceptors (Lipinski definition) is 6. The molecule has 2 aliphatic heterocycles. The highest BCUT2D eigenvalue weighted by Gasteiger charge is 2.34. The van der Waals surface area contributed by atoms with Crippen molar-refractivity contribution >= 4 is 28.3 Å². The van der Waals surface area contributed by atoms with Gasteiger partial charge in [0.05, 0.1) is 23.0 Å². The molecule has 7 heteroatoms. The molecule has 2 fully saturated rings. The van der Waals surface area contributed by atoms with Crippen molar-refractivity contribution < 1.29 is 4.74 Å². The van der Waals surface area contributed by atoms with Crippen molar-refractivity contribution in [3.63, 3.8) is 0 Å². The van der Waals surface area contributed by atoms with Gasteiger partial charge in [0.1, 0.15) is 0 Å². The molecular weight excluding hydrogens is 430 g/mol. The van der Waals surface area contributed by atoms with E-state index in [-0.39, 0.29) is 6.04 Å². The molecule has 166 valence electrons. The quantitative estimate of drug-likeness (QED) is 0.465. The summed E-state index contributed by atoms with van der Waals surface area (Å²) >= 11 is 1.73. The van der Waals surface area contributed by atoms with Gasteiger partial charge in [0, 0.05) is 23.0 Å². The Kier molecular flexibility index (Phi) is 5.30. The molecule has 0 amide bonds. The maximum absolute atomic E-state index is 9.93. The number of ether oxygens (including phenoxy) is 1. The topological polar surface area (TPSA) is 75.2 Å². The van der Waals surface area contributed by atoms with Crippen LogP contribution in [0.15, 0.2) is 64.4 Å². The van der Waals surface area contributed by atoms with Crippen molar-refractivity contribution in [2.45, 2.75) is 46.9 Å². The number of hydrogen-bond donors (Lipinski definition) is 1. The summed E-state index contributed by atoms with van der Waals surface area (Å²) in [6, 6.07) is 22.0. The first kappa shape index (κ1) is 20.7. The lowest BCUT2D eigenvalue weighted by molar-refractivity contribution is 0.0675. The van der Waals surface area contributed by atoms with E-state index in [9.17, 15) is 5.26 Å². The summed E-state index contributed by atoms with van der Waals surface area (Å²) in [5.41, 5.74) is 2.67. The van der Waals surface area contributed by atoms with Crippen LogP contribution in [-0.4, -0.2) is 34.4 Å². The van der Waals surface area contributed by atoms with Crippen LogP contribution in [-0.2, 0) is 10.2 Å².